The number of benzene rings is 1. The number of fused-ring (bicyclic) bond motifs is 1. The van der Waals surface area contributed by atoms with Crippen molar-refractivity contribution < 1.29 is 57.1 Å². The highest BCUT2D eigenvalue weighted by Gasteiger charge is 2.58. The Labute approximate surface area is 243 Å². The van der Waals surface area contributed by atoms with Crippen LogP contribution >= 0.6 is 0 Å². The zero-order valence-electron chi connectivity index (χ0n) is 23.5. The monoisotopic (exact) mass is 608 g/mol. The van der Waals surface area contributed by atoms with E-state index in [1.807, 2.05) is 0 Å². The number of imide groups is 1. The van der Waals surface area contributed by atoms with Crippen molar-refractivity contribution in [2.75, 3.05) is 12.1 Å². The number of nitrogens with zero attached hydrogens (tertiary/aromatic N) is 2. The Bertz CT molecular complexity index is 1410. The summed E-state index contributed by atoms with van der Waals surface area (Å²) in [6.07, 6.45) is -3.48. The molecule has 3 heterocycles. The molecule has 0 radical (unpaired) electrons. The number of alkyl halides is 2. The van der Waals surface area contributed by atoms with Gasteiger partial charge in [-0.15, -0.1) is 8.78 Å². The Morgan fingerprint density at radius 3 is 2.49 bits per heavy atom. The summed E-state index contributed by atoms with van der Waals surface area (Å²) in [5, 5.41) is 25.7. The van der Waals surface area contributed by atoms with Crippen molar-refractivity contribution in [2.24, 2.45) is 11.8 Å². The van der Waals surface area contributed by atoms with Gasteiger partial charge in [-0.25, -0.2) is 14.6 Å². The predicted molar refractivity (Wildman–Crippen MR) is 140 cm³/mol. The van der Waals surface area contributed by atoms with Crippen LogP contribution in [0, 0.1) is 11.8 Å². The zero-order chi connectivity index (χ0) is 31.7. The minimum Gasteiger partial charge on any atom is -0.428 e. The van der Waals surface area contributed by atoms with E-state index in [2.05, 4.69) is 25.1 Å². The average Bonchev–Trinajstić information content (AvgIpc) is 3.22. The maximum absolute atomic E-state index is 13.4. The molecule has 2 aliphatic rings. The molecule has 4 N–H and O–H groups in total. The molecule has 0 saturated carbocycles. The fraction of sp³-hybridized carbons (Fsp3) is 0.444. The predicted octanol–water partition coefficient (Wildman–Crippen LogP) is 2.65. The summed E-state index contributed by atoms with van der Waals surface area (Å²) in [4.78, 5) is 54.2. The van der Waals surface area contributed by atoms with E-state index in [-0.39, 0.29) is 23.7 Å². The van der Waals surface area contributed by atoms with Crippen molar-refractivity contribution in [1.82, 2.24) is 15.2 Å². The molecule has 4 rings (SSSR count). The summed E-state index contributed by atoms with van der Waals surface area (Å²) in [6, 6.07) is 3.80. The molecule has 0 aliphatic carbocycles. The van der Waals surface area contributed by atoms with E-state index < -0.39 is 66.8 Å². The maximum atomic E-state index is 13.4. The van der Waals surface area contributed by atoms with Crippen LogP contribution in [0.3, 0.4) is 0 Å². The van der Waals surface area contributed by atoms with Crippen molar-refractivity contribution in [3.63, 3.8) is 0 Å². The number of carbonyl (C=O) groups excluding carboxylic acids is 4. The fourth-order valence-corrected chi connectivity index (χ4v) is 4.54. The Morgan fingerprint density at radius 2 is 1.81 bits per heavy atom. The molecule has 2 aromatic rings. The van der Waals surface area contributed by atoms with Crippen LogP contribution < -0.4 is 20.1 Å². The number of esters is 1. The number of pyridine rings is 1. The van der Waals surface area contributed by atoms with Crippen LogP contribution in [0.4, 0.5) is 24.2 Å². The Hall–Kier alpha value is -4.57. The highest BCUT2D eigenvalue weighted by molar-refractivity contribution is 6.02. The number of anilines is 1. The summed E-state index contributed by atoms with van der Waals surface area (Å²) in [5.41, 5.74) is 0.827. The van der Waals surface area contributed by atoms with Gasteiger partial charge in [0.25, 0.3) is 0 Å². The van der Waals surface area contributed by atoms with Gasteiger partial charge in [0.2, 0.25) is 12.7 Å². The molecule has 1 fully saturated rings. The van der Waals surface area contributed by atoms with Crippen molar-refractivity contribution in [3.8, 4) is 11.5 Å². The van der Waals surface area contributed by atoms with Gasteiger partial charge in [0.05, 0.1) is 17.9 Å². The molecule has 2 aliphatic heterocycles. The first-order chi connectivity index (χ1) is 20.1. The highest BCUT2D eigenvalue weighted by Crippen LogP contribution is 2.42. The number of hydrogen-bond donors (Lipinski definition) is 4. The van der Waals surface area contributed by atoms with Gasteiger partial charge in [0.1, 0.15) is 11.9 Å². The molecule has 1 saturated heterocycles. The fourth-order valence-electron chi connectivity index (χ4n) is 4.54. The molecular weight excluding hydrogens is 578 g/mol. The number of rotatable bonds is 9. The lowest BCUT2D eigenvalue weighted by molar-refractivity contribution is -0.286. The van der Waals surface area contributed by atoms with E-state index >= 15 is 0 Å². The molecule has 14 nitrogen and oxygen atoms in total. The van der Waals surface area contributed by atoms with Crippen LogP contribution in [0.1, 0.15) is 44.9 Å². The topological polar surface area (TPSA) is 186 Å². The Morgan fingerprint density at radius 1 is 1.12 bits per heavy atom. The highest BCUT2D eigenvalue weighted by atomic mass is 19.3. The van der Waals surface area contributed by atoms with Crippen molar-refractivity contribution in [2.45, 2.75) is 58.3 Å². The van der Waals surface area contributed by atoms with Gasteiger partial charge in [-0.05, 0) is 55.7 Å². The van der Waals surface area contributed by atoms with Gasteiger partial charge in [-0.2, -0.15) is 0 Å². The number of hydrogen-bond acceptors (Lipinski definition) is 11. The standard InChI is InChI=1S/C27H30F2N4O10/c1-13(2)23(35)40-12-41-25(37)32-20-10-15(7-8-30-20)9-17-21(26(4,38)39)33(22(17)34)24(36)31-14(3)16-5-6-18-19(11-16)43-27(28,29)42-18/h5-8,10-11,13-14,17,21,38-39H,9,12H2,1-4H3,(H,31,36)(H,30,32,37)/t14-,17-,21+/m1/s1. The summed E-state index contributed by atoms with van der Waals surface area (Å²) < 4.78 is 45.0. The van der Waals surface area contributed by atoms with Crippen LogP contribution in [0.25, 0.3) is 0 Å². The molecular formula is C27H30F2N4O10. The molecule has 1 aromatic heterocycles. The van der Waals surface area contributed by atoms with Crippen LogP contribution in [0.5, 0.6) is 11.5 Å². The summed E-state index contributed by atoms with van der Waals surface area (Å²) >= 11 is 0. The first-order valence-electron chi connectivity index (χ1n) is 13.1. The minimum absolute atomic E-state index is 0.0432. The second-order valence-corrected chi connectivity index (χ2v) is 10.4. The lowest BCUT2D eigenvalue weighted by Crippen LogP contribution is -2.72. The van der Waals surface area contributed by atoms with Gasteiger partial charge in [-0.3, -0.25) is 19.8 Å². The smallest absolute Gasteiger partial charge is 0.428 e. The van der Waals surface area contributed by atoms with Crippen LogP contribution in [-0.2, 0) is 25.5 Å². The second kappa shape index (κ2) is 12.0. The van der Waals surface area contributed by atoms with E-state index in [0.717, 1.165) is 6.92 Å². The number of urea groups is 1. The summed E-state index contributed by atoms with van der Waals surface area (Å²) in [6.45, 7) is 5.19. The molecule has 4 amide bonds. The van der Waals surface area contributed by atoms with Gasteiger partial charge in [0, 0.05) is 6.20 Å². The van der Waals surface area contributed by atoms with Gasteiger partial charge >= 0.3 is 24.4 Å². The molecule has 232 valence electrons. The number of aromatic nitrogens is 1. The van der Waals surface area contributed by atoms with Gasteiger partial charge in [0.15, 0.2) is 17.3 Å². The van der Waals surface area contributed by atoms with Crippen molar-refractivity contribution in [1.29, 1.82) is 0 Å². The number of amides is 4. The molecule has 16 heteroatoms. The third-order valence-corrected chi connectivity index (χ3v) is 6.63. The normalized spacial score (nSPS) is 19.4. The number of ether oxygens (including phenoxy) is 4. The third kappa shape index (κ3) is 7.26. The van der Waals surface area contributed by atoms with Crippen LogP contribution in [0.2, 0.25) is 0 Å². The number of nitrogens with one attached hydrogen (secondary N) is 2. The number of carbonyl (C=O) groups is 4. The molecule has 43 heavy (non-hydrogen) atoms. The maximum Gasteiger partial charge on any atom is 0.586 e. The molecule has 1 aromatic carbocycles. The van der Waals surface area contributed by atoms with Crippen LogP contribution in [-0.4, -0.2) is 69.0 Å². The number of likely N-dealkylation sites (tertiary alicyclic amines) is 1. The third-order valence-electron chi connectivity index (χ3n) is 6.63. The van der Waals surface area contributed by atoms with Crippen LogP contribution in [0.15, 0.2) is 36.5 Å². The Kier molecular flexibility index (Phi) is 8.73. The Balaban J connectivity index is 1.38. The van der Waals surface area contributed by atoms with E-state index in [1.165, 1.54) is 43.5 Å². The largest absolute Gasteiger partial charge is 0.586 e. The van der Waals surface area contributed by atoms with Crippen molar-refractivity contribution >= 4 is 29.8 Å². The molecule has 0 unspecified atom stereocenters. The number of β-lactam (4-membered cyclic amide) rings is 1. The molecule has 0 bridgehead atoms. The van der Waals surface area contributed by atoms with E-state index in [1.54, 1.807) is 13.8 Å². The minimum atomic E-state index is -3.81. The lowest BCUT2D eigenvalue weighted by atomic mass is 9.78. The van der Waals surface area contributed by atoms with E-state index in [9.17, 15) is 38.2 Å². The first-order valence-corrected chi connectivity index (χ1v) is 13.1. The second-order valence-electron chi connectivity index (χ2n) is 10.4. The summed E-state index contributed by atoms with van der Waals surface area (Å²) in [7, 11) is 0. The van der Waals surface area contributed by atoms with Gasteiger partial charge < -0.3 is 34.5 Å². The van der Waals surface area contributed by atoms with E-state index in [4.69, 9.17) is 9.47 Å². The number of halogens is 2. The molecule has 3 atom stereocenters. The first kappa shape index (κ1) is 31.4. The molecule has 0 spiro atoms. The zero-order valence-corrected chi connectivity index (χ0v) is 23.5. The number of aliphatic hydroxyl groups is 2. The quantitative estimate of drug-likeness (QED) is 0.186. The van der Waals surface area contributed by atoms with E-state index in [0.29, 0.717) is 16.0 Å². The SMILES string of the molecule is CC(C)C(=O)OCOC(=O)Nc1cc(C[C@H]2C(=O)N(C(=O)N[C@H](C)c3ccc4c(c3)OC(F)(F)O4)[C@@H]2C(C)(O)O)ccn1. The lowest BCUT2D eigenvalue weighted by Gasteiger charge is -2.50. The summed E-state index contributed by atoms with van der Waals surface area (Å²) in [5.74, 6) is -5.53. The van der Waals surface area contributed by atoms with Crippen molar-refractivity contribution in [3.05, 3.63) is 47.7 Å². The van der Waals surface area contributed by atoms with Gasteiger partial charge in [-0.1, -0.05) is 19.9 Å². The average molecular weight is 609 g/mol.